The minimum Gasteiger partial charge on any atom is -0.118 e. The third kappa shape index (κ3) is 5.47. The fraction of sp³-hybridized carbons (Fsp3) is 0.231. The molecule has 0 heterocycles. The van der Waals surface area contributed by atoms with E-state index in [-0.39, 0.29) is 0 Å². The van der Waals surface area contributed by atoms with Gasteiger partial charge in [0.25, 0.3) is 0 Å². The normalized spacial score (nSPS) is 9.60. The minimum atomic E-state index is -1.28. The highest BCUT2D eigenvalue weighted by molar-refractivity contribution is 9.10. The molecule has 76 valence electrons. The highest BCUT2D eigenvalue weighted by atomic mass is 79.9. The summed E-state index contributed by atoms with van der Waals surface area (Å²) in [6, 6.07) is 7.92. The van der Waals surface area contributed by atoms with Crippen LogP contribution in [0.15, 0.2) is 28.7 Å². The van der Waals surface area contributed by atoms with Gasteiger partial charge in [-0.2, -0.15) is 0 Å². The van der Waals surface area contributed by atoms with E-state index in [1.165, 1.54) is 0 Å². The second kappa shape index (κ2) is 5.21. The molecule has 0 saturated heterocycles. The maximum absolute atomic E-state index is 3.38. The Hall–Kier alpha value is -0.963. The van der Waals surface area contributed by atoms with E-state index < -0.39 is 8.07 Å². The summed E-state index contributed by atoms with van der Waals surface area (Å²) in [5.41, 5.74) is 4.21. The smallest absolute Gasteiger partial charge is 0.118 e. The SMILES string of the molecule is C[Si](C)(C)C#CC#Cc1ccc(Br)cc1. The molecule has 0 fully saturated rings. The van der Waals surface area contributed by atoms with Crippen molar-refractivity contribution < 1.29 is 0 Å². The molecule has 0 unspecified atom stereocenters. The fourth-order valence-electron chi connectivity index (χ4n) is 0.855. The fourth-order valence-corrected chi connectivity index (χ4v) is 1.56. The molecule has 0 bridgehead atoms. The molecule has 0 amide bonds. The molecule has 15 heavy (non-hydrogen) atoms. The van der Waals surface area contributed by atoms with Crippen molar-refractivity contribution in [2.45, 2.75) is 19.6 Å². The topological polar surface area (TPSA) is 0 Å². The van der Waals surface area contributed by atoms with Crippen LogP contribution in [0.4, 0.5) is 0 Å². The summed E-state index contributed by atoms with van der Waals surface area (Å²) >= 11 is 3.38. The Balaban J connectivity index is 2.74. The van der Waals surface area contributed by atoms with Crippen LogP contribution in [-0.2, 0) is 0 Å². The van der Waals surface area contributed by atoms with Crippen molar-refractivity contribution in [1.29, 1.82) is 0 Å². The Morgan fingerprint density at radius 3 is 2.13 bits per heavy atom. The molecule has 0 aliphatic rings. The van der Waals surface area contributed by atoms with Crippen LogP contribution >= 0.6 is 15.9 Å². The van der Waals surface area contributed by atoms with Gasteiger partial charge in [-0.05, 0) is 36.1 Å². The maximum atomic E-state index is 3.38. The van der Waals surface area contributed by atoms with E-state index in [0.717, 1.165) is 10.0 Å². The average molecular weight is 277 g/mol. The van der Waals surface area contributed by atoms with Crippen molar-refractivity contribution in [3.63, 3.8) is 0 Å². The first-order chi connectivity index (χ1) is 6.97. The van der Waals surface area contributed by atoms with E-state index in [4.69, 9.17) is 0 Å². The molecule has 1 aromatic carbocycles. The molecular formula is C13H13BrSi. The Morgan fingerprint density at radius 2 is 1.60 bits per heavy atom. The van der Waals surface area contributed by atoms with E-state index in [9.17, 15) is 0 Å². The Labute approximate surface area is 101 Å². The molecule has 2 heteroatoms. The Bertz CT molecular complexity index is 444. The molecule has 1 rings (SSSR count). The minimum absolute atomic E-state index is 1.00. The molecule has 0 aliphatic heterocycles. The largest absolute Gasteiger partial charge is 0.130 e. The van der Waals surface area contributed by atoms with Gasteiger partial charge < -0.3 is 0 Å². The molecule has 0 N–H and O–H groups in total. The Morgan fingerprint density at radius 1 is 1.00 bits per heavy atom. The molecule has 0 saturated carbocycles. The van der Waals surface area contributed by atoms with Gasteiger partial charge in [0, 0.05) is 10.0 Å². The number of hydrogen-bond donors (Lipinski definition) is 0. The number of rotatable bonds is 0. The maximum Gasteiger partial charge on any atom is 0.130 e. The summed E-state index contributed by atoms with van der Waals surface area (Å²) in [4.78, 5) is 0. The third-order valence-corrected chi connectivity index (χ3v) is 2.95. The lowest BCUT2D eigenvalue weighted by molar-refractivity contribution is 1.60. The van der Waals surface area contributed by atoms with Gasteiger partial charge in [0.15, 0.2) is 0 Å². The van der Waals surface area contributed by atoms with Crippen LogP contribution in [0.25, 0.3) is 0 Å². The second-order valence-electron chi connectivity index (χ2n) is 4.26. The molecule has 0 aromatic heterocycles. The molecule has 0 atom stereocenters. The first-order valence-corrected chi connectivity index (χ1v) is 9.05. The molecular weight excluding hydrogens is 264 g/mol. The monoisotopic (exact) mass is 276 g/mol. The van der Waals surface area contributed by atoms with E-state index in [0.29, 0.717) is 0 Å². The second-order valence-corrected chi connectivity index (χ2v) is 9.92. The van der Waals surface area contributed by atoms with Gasteiger partial charge in [-0.3, -0.25) is 0 Å². The first-order valence-electron chi connectivity index (χ1n) is 4.76. The van der Waals surface area contributed by atoms with Crippen LogP contribution in [-0.4, -0.2) is 8.07 Å². The zero-order valence-corrected chi connectivity index (χ0v) is 11.8. The first kappa shape index (κ1) is 12.1. The van der Waals surface area contributed by atoms with Crippen molar-refractivity contribution in [2.75, 3.05) is 0 Å². The lowest BCUT2D eigenvalue weighted by atomic mass is 10.2. The summed E-state index contributed by atoms with van der Waals surface area (Å²) < 4.78 is 1.07. The van der Waals surface area contributed by atoms with E-state index >= 15 is 0 Å². The van der Waals surface area contributed by atoms with Gasteiger partial charge in [-0.25, -0.2) is 0 Å². The van der Waals surface area contributed by atoms with Crippen molar-refractivity contribution >= 4 is 24.0 Å². The van der Waals surface area contributed by atoms with Crippen LogP contribution in [0, 0.1) is 23.3 Å². The van der Waals surface area contributed by atoms with Crippen LogP contribution in [0.2, 0.25) is 19.6 Å². The van der Waals surface area contributed by atoms with Crippen molar-refractivity contribution in [2.24, 2.45) is 0 Å². The quantitative estimate of drug-likeness (QED) is 0.501. The van der Waals surface area contributed by atoms with Gasteiger partial charge in [0.1, 0.15) is 8.07 Å². The predicted molar refractivity (Wildman–Crippen MR) is 72.1 cm³/mol. The molecule has 1 aromatic rings. The zero-order chi connectivity index (χ0) is 11.3. The van der Waals surface area contributed by atoms with Crippen molar-refractivity contribution in [3.05, 3.63) is 34.3 Å². The number of hydrogen-bond acceptors (Lipinski definition) is 0. The lowest BCUT2D eigenvalue weighted by Crippen LogP contribution is -2.16. The molecule has 0 spiro atoms. The van der Waals surface area contributed by atoms with Gasteiger partial charge in [-0.15, -0.1) is 5.54 Å². The van der Waals surface area contributed by atoms with Crippen LogP contribution < -0.4 is 0 Å². The van der Waals surface area contributed by atoms with Crippen molar-refractivity contribution in [3.8, 4) is 23.3 Å². The van der Waals surface area contributed by atoms with Crippen LogP contribution in [0.5, 0.6) is 0 Å². The van der Waals surface area contributed by atoms with Gasteiger partial charge >= 0.3 is 0 Å². The average Bonchev–Trinajstić information content (AvgIpc) is 2.14. The van der Waals surface area contributed by atoms with E-state index in [2.05, 4.69) is 58.9 Å². The number of halogens is 1. The number of benzene rings is 1. The summed E-state index contributed by atoms with van der Waals surface area (Å²) in [6.07, 6.45) is 0. The standard InChI is InChI=1S/C13H13BrSi/c1-15(2,3)11-5-4-6-12-7-9-13(14)10-8-12/h7-10H,1-3H3. The highest BCUT2D eigenvalue weighted by Crippen LogP contribution is 2.09. The summed E-state index contributed by atoms with van der Waals surface area (Å²) in [7, 11) is -1.28. The summed E-state index contributed by atoms with van der Waals surface area (Å²) in [5, 5.41) is 0. The Kier molecular flexibility index (Phi) is 4.21. The molecule has 0 radical (unpaired) electrons. The van der Waals surface area contributed by atoms with Gasteiger partial charge in [-0.1, -0.05) is 41.5 Å². The highest BCUT2D eigenvalue weighted by Gasteiger charge is 2.06. The predicted octanol–water partition coefficient (Wildman–Crippen LogP) is 3.68. The molecule has 0 aliphatic carbocycles. The van der Waals surface area contributed by atoms with Crippen LogP contribution in [0.1, 0.15) is 5.56 Å². The van der Waals surface area contributed by atoms with E-state index in [1.807, 2.05) is 24.3 Å². The van der Waals surface area contributed by atoms with Gasteiger partial charge in [0.2, 0.25) is 0 Å². The molecule has 0 nitrogen and oxygen atoms in total. The van der Waals surface area contributed by atoms with Crippen molar-refractivity contribution in [1.82, 2.24) is 0 Å². The van der Waals surface area contributed by atoms with Gasteiger partial charge in [0.05, 0.1) is 0 Å². The summed E-state index contributed by atoms with van der Waals surface area (Å²) in [5.74, 6) is 8.84. The zero-order valence-electron chi connectivity index (χ0n) is 9.19. The third-order valence-electron chi connectivity index (χ3n) is 1.55. The van der Waals surface area contributed by atoms with E-state index in [1.54, 1.807) is 0 Å². The lowest BCUT2D eigenvalue weighted by Gasteiger charge is -2.01. The summed E-state index contributed by atoms with van der Waals surface area (Å²) in [6.45, 7) is 6.63. The van der Waals surface area contributed by atoms with Crippen LogP contribution in [0.3, 0.4) is 0 Å².